The lowest BCUT2D eigenvalue weighted by atomic mass is 10.4. The van der Waals surface area contributed by atoms with Gasteiger partial charge in [0.1, 0.15) is 0 Å². The highest BCUT2D eigenvalue weighted by Crippen LogP contribution is 2.18. The Morgan fingerprint density at radius 2 is 2.42 bits per heavy atom. The Morgan fingerprint density at radius 1 is 1.67 bits per heavy atom. The Labute approximate surface area is 68.0 Å². The number of carbonyl (C=O) groups is 1. The number of furan rings is 1. The minimum absolute atomic E-state index is 0.129. The second kappa shape index (κ2) is 2.14. The summed E-state index contributed by atoms with van der Waals surface area (Å²) in [5.74, 6) is -1.19. The van der Waals surface area contributed by atoms with E-state index in [0.29, 0.717) is 5.58 Å². The molecule has 0 N–H and O–H groups in total. The molecule has 0 aliphatic carbocycles. The van der Waals surface area contributed by atoms with Gasteiger partial charge < -0.3 is 18.9 Å². The molecule has 0 aliphatic heterocycles. The van der Waals surface area contributed by atoms with E-state index in [2.05, 4.69) is 0 Å². The van der Waals surface area contributed by atoms with Crippen LogP contribution in [0.4, 0.5) is 0 Å². The molecular formula is C8H6NO3-. The minimum Gasteiger partial charge on any atom is -0.543 e. The molecule has 62 valence electrons. The number of hydrogen-bond donors (Lipinski definition) is 0. The summed E-state index contributed by atoms with van der Waals surface area (Å²) in [4.78, 5) is 10.5. The van der Waals surface area contributed by atoms with Crippen LogP contribution in [0.5, 0.6) is 0 Å². The van der Waals surface area contributed by atoms with Gasteiger partial charge in [0.15, 0.2) is 5.58 Å². The van der Waals surface area contributed by atoms with Gasteiger partial charge in [0, 0.05) is 19.2 Å². The topological polar surface area (TPSA) is 58.2 Å². The van der Waals surface area contributed by atoms with Crippen LogP contribution < -0.4 is 5.11 Å². The van der Waals surface area contributed by atoms with Gasteiger partial charge in [-0.1, -0.05) is 0 Å². The quantitative estimate of drug-likeness (QED) is 0.602. The van der Waals surface area contributed by atoms with Crippen molar-refractivity contribution in [3.05, 3.63) is 24.1 Å². The molecule has 0 saturated carbocycles. The second-order valence-corrected chi connectivity index (χ2v) is 2.55. The van der Waals surface area contributed by atoms with Crippen LogP contribution >= 0.6 is 0 Å². The number of nitrogens with zero attached hydrogens (tertiary/aromatic N) is 1. The predicted octanol–water partition coefficient (Wildman–Crippen LogP) is 0.135. The van der Waals surface area contributed by atoms with E-state index in [0.717, 1.165) is 5.52 Å². The summed E-state index contributed by atoms with van der Waals surface area (Å²) in [7, 11) is 1.66. The van der Waals surface area contributed by atoms with Crippen LogP contribution in [0.3, 0.4) is 0 Å². The van der Waals surface area contributed by atoms with Gasteiger partial charge in [-0.2, -0.15) is 0 Å². The second-order valence-electron chi connectivity index (χ2n) is 2.55. The molecule has 0 saturated heterocycles. The van der Waals surface area contributed by atoms with E-state index in [9.17, 15) is 9.90 Å². The molecule has 2 rings (SSSR count). The summed E-state index contributed by atoms with van der Waals surface area (Å²) in [6.07, 6.45) is 1.52. The largest absolute Gasteiger partial charge is 0.543 e. The molecule has 4 heteroatoms. The first-order chi connectivity index (χ1) is 5.70. The maximum absolute atomic E-state index is 10.5. The van der Waals surface area contributed by atoms with Crippen molar-refractivity contribution >= 4 is 17.1 Å². The van der Waals surface area contributed by atoms with Crippen molar-refractivity contribution < 1.29 is 14.3 Å². The van der Waals surface area contributed by atoms with Gasteiger partial charge in [0.2, 0.25) is 0 Å². The maximum Gasteiger partial charge on any atom is 0.152 e. The molecular weight excluding hydrogens is 158 g/mol. The Morgan fingerprint density at radius 3 is 3.00 bits per heavy atom. The fraction of sp³-hybridized carbons (Fsp3) is 0.125. The van der Waals surface area contributed by atoms with Crippen LogP contribution in [0.2, 0.25) is 0 Å². The van der Waals surface area contributed by atoms with Crippen molar-refractivity contribution in [1.29, 1.82) is 0 Å². The van der Waals surface area contributed by atoms with E-state index in [1.165, 1.54) is 16.9 Å². The van der Waals surface area contributed by atoms with E-state index < -0.39 is 5.97 Å². The van der Waals surface area contributed by atoms with Crippen molar-refractivity contribution in [2.45, 2.75) is 0 Å². The van der Waals surface area contributed by atoms with Crippen LogP contribution in [0.1, 0.15) is 10.5 Å². The van der Waals surface area contributed by atoms with Gasteiger partial charge in [-0.25, -0.2) is 0 Å². The monoisotopic (exact) mass is 164 g/mol. The zero-order chi connectivity index (χ0) is 8.72. The number of hydrogen-bond acceptors (Lipinski definition) is 3. The zero-order valence-electron chi connectivity index (χ0n) is 6.40. The highest BCUT2D eigenvalue weighted by molar-refractivity contribution is 5.91. The Bertz CT molecular complexity index is 438. The normalized spacial score (nSPS) is 10.8. The summed E-state index contributed by atoms with van der Waals surface area (Å²) in [6, 6.07) is 3.16. The number of aromatic carboxylic acids is 1. The molecule has 0 aliphatic rings. The number of aromatic nitrogens is 1. The Balaban J connectivity index is 2.78. The van der Waals surface area contributed by atoms with Crippen molar-refractivity contribution in [3.63, 3.8) is 0 Å². The smallest absolute Gasteiger partial charge is 0.152 e. The number of fused-ring (bicyclic) bond motifs is 1. The van der Waals surface area contributed by atoms with Crippen LogP contribution in [0.25, 0.3) is 11.1 Å². The molecule has 0 amide bonds. The summed E-state index contributed by atoms with van der Waals surface area (Å²) < 4.78 is 6.54. The molecule has 2 aromatic rings. The third kappa shape index (κ3) is 0.747. The summed E-state index contributed by atoms with van der Waals surface area (Å²) in [6.45, 7) is 0. The van der Waals surface area contributed by atoms with Crippen LogP contribution in [0.15, 0.2) is 22.8 Å². The molecule has 0 radical (unpaired) electrons. The molecule has 2 aromatic heterocycles. The number of carboxylic acids is 1. The molecule has 4 nitrogen and oxygen atoms in total. The molecule has 2 heterocycles. The Kier molecular flexibility index (Phi) is 1.24. The molecule has 0 fully saturated rings. The van der Waals surface area contributed by atoms with E-state index in [4.69, 9.17) is 4.42 Å². The lowest BCUT2D eigenvalue weighted by molar-refractivity contribution is -0.255. The lowest BCUT2D eigenvalue weighted by Crippen LogP contribution is -2.24. The highest BCUT2D eigenvalue weighted by atomic mass is 16.4. The number of carboxylic acid groups (broad SMARTS) is 1. The zero-order valence-corrected chi connectivity index (χ0v) is 6.40. The number of rotatable bonds is 1. The van der Waals surface area contributed by atoms with Crippen molar-refractivity contribution in [1.82, 2.24) is 4.57 Å². The first kappa shape index (κ1) is 6.97. The molecule has 12 heavy (non-hydrogen) atoms. The molecule has 0 atom stereocenters. The van der Waals surface area contributed by atoms with E-state index in [-0.39, 0.29) is 5.69 Å². The van der Waals surface area contributed by atoms with Gasteiger partial charge in [-0.05, 0) is 0 Å². The summed E-state index contributed by atoms with van der Waals surface area (Å²) in [5.41, 5.74) is 1.45. The molecule has 0 aromatic carbocycles. The maximum atomic E-state index is 10.5. The standard InChI is InChI=1S/C8H7NO3/c1-9-5-2-3-12-7(5)4-6(9)8(10)11/h2-4H,1H3,(H,10,11)/p-1. The predicted molar refractivity (Wildman–Crippen MR) is 39.5 cm³/mol. The average molecular weight is 164 g/mol. The molecule has 0 bridgehead atoms. The average Bonchev–Trinajstić information content (AvgIpc) is 2.53. The fourth-order valence-electron chi connectivity index (χ4n) is 1.25. The van der Waals surface area contributed by atoms with Crippen LogP contribution in [-0.4, -0.2) is 10.5 Å². The van der Waals surface area contributed by atoms with Gasteiger partial charge in [0.05, 0.1) is 23.4 Å². The SMILES string of the molecule is Cn1c(C(=O)[O-])cc2occc21. The summed E-state index contributed by atoms with van der Waals surface area (Å²) in [5, 5.41) is 10.5. The summed E-state index contributed by atoms with van der Waals surface area (Å²) >= 11 is 0. The van der Waals surface area contributed by atoms with Gasteiger partial charge in [0.25, 0.3) is 0 Å². The van der Waals surface area contributed by atoms with Crippen molar-refractivity contribution in [2.24, 2.45) is 7.05 Å². The van der Waals surface area contributed by atoms with E-state index in [1.54, 1.807) is 13.1 Å². The van der Waals surface area contributed by atoms with Crippen molar-refractivity contribution in [2.75, 3.05) is 0 Å². The fourth-order valence-corrected chi connectivity index (χ4v) is 1.25. The minimum atomic E-state index is -1.19. The first-order valence-electron chi connectivity index (χ1n) is 3.44. The van der Waals surface area contributed by atoms with Crippen LogP contribution in [-0.2, 0) is 7.05 Å². The van der Waals surface area contributed by atoms with Crippen LogP contribution in [0, 0.1) is 0 Å². The Hall–Kier alpha value is -1.71. The molecule has 0 unspecified atom stereocenters. The van der Waals surface area contributed by atoms with E-state index in [1.807, 2.05) is 0 Å². The highest BCUT2D eigenvalue weighted by Gasteiger charge is 2.07. The third-order valence-electron chi connectivity index (χ3n) is 1.87. The molecule has 0 spiro atoms. The van der Waals surface area contributed by atoms with Gasteiger partial charge >= 0.3 is 0 Å². The van der Waals surface area contributed by atoms with Crippen molar-refractivity contribution in [3.8, 4) is 0 Å². The number of carbonyl (C=O) groups excluding carboxylic acids is 1. The first-order valence-corrected chi connectivity index (χ1v) is 3.44. The van der Waals surface area contributed by atoms with Gasteiger partial charge in [-0.15, -0.1) is 0 Å². The third-order valence-corrected chi connectivity index (χ3v) is 1.87. The van der Waals surface area contributed by atoms with Gasteiger partial charge in [-0.3, -0.25) is 0 Å². The lowest BCUT2D eigenvalue weighted by Gasteiger charge is -2.02. The van der Waals surface area contributed by atoms with E-state index >= 15 is 0 Å². The number of aryl methyl sites for hydroxylation is 1.